The minimum Gasteiger partial charge on any atom is -0.493 e. The van der Waals surface area contributed by atoms with Gasteiger partial charge in [0.1, 0.15) is 0 Å². The van der Waals surface area contributed by atoms with Crippen molar-refractivity contribution in [2.75, 3.05) is 26.5 Å². The average Bonchev–Trinajstić information content (AvgIpc) is 3.18. The largest absolute Gasteiger partial charge is 0.493 e. The maximum absolute atomic E-state index is 13.0. The minimum absolute atomic E-state index is 0.0479. The fourth-order valence-corrected chi connectivity index (χ4v) is 3.63. The number of methoxy groups -OCH3 is 1. The molecule has 0 saturated carbocycles. The summed E-state index contributed by atoms with van der Waals surface area (Å²) in [6.07, 6.45) is -3.24. The third-order valence-corrected chi connectivity index (χ3v) is 6.27. The highest BCUT2D eigenvalue weighted by Crippen LogP contribution is 2.31. The Balaban J connectivity index is 1.86. The number of hydrogen-bond acceptors (Lipinski definition) is 5. The van der Waals surface area contributed by atoms with Crippen molar-refractivity contribution in [1.82, 2.24) is 14.1 Å². The van der Waals surface area contributed by atoms with Gasteiger partial charge in [-0.2, -0.15) is 18.3 Å². The van der Waals surface area contributed by atoms with E-state index in [-0.39, 0.29) is 22.0 Å². The summed E-state index contributed by atoms with van der Waals surface area (Å²) < 4.78 is 70.6. The van der Waals surface area contributed by atoms with Crippen LogP contribution >= 0.6 is 0 Å². The van der Waals surface area contributed by atoms with Crippen LogP contribution in [0.3, 0.4) is 0 Å². The Kier molecular flexibility index (Phi) is 6.28. The van der Waals surface area contributed by atoms with Crippen LogP contribution in [-0.4, -0.2) is 49.6 Å². The van der Waals surface area contributed by atoms with E-state index in [1.165, 1.54) is 63.8 Å². The molecular formula is C20H19F3N4O4S. The zero-order valence-electron chi connectivity index (χ0n) is 17.2. The number of nitrogens with one attached hydrogen (secondary N) is 1. The molecule has 8 nitrogen and oxygen atoms in total. The number of sulfonamides is 1. The SMILES string of the molecule is COc1cn(-c2cccc(C(F)(F)F)c2)nc1C(=O)Nc1ccc(S(=O)(=O)N(C)C)cc1. The second kappa shape index (κ2) is 8.63. The Morgan fingerprint density at radius 2 is 1.78 bits per heavy atom. The van der Waals surface area contributed by atoms with E-state index in [1.807, 2.05) is 0 Å². The third kappa shape index (κ3) is 4.75. The van der Waals surface area contributed by atoms with Gasteiger partial charge in [-0.1, -0.05) is 6.07 Å². The van der Waals surface area contributed by atoms with Crippen LogP contribution in [0, 0.1) is 0 Å². The Bertz CT molecular complexity index is 1240. The first kappa shape index (κ1) is 23.3. The molecule has 2 aromatic carbocycles. The monoisotopic (exact) mass is 468 g/mol. The number of rotatable bonds is 6. The van der Waals surface area contributed by atoms with Gasteiger partial charge >= 0.3 is 6.18 Å². The van der Waals surface area contributed by atoms with E-state index >= 15 is 0 Å². The van der Waals surface area contributed by atoms with Crippen LogP contribution in [0.2, 0.25) is 0 Å². The van der Waals surface area contributed by atoms with Gasteiger partial charge in [0.2, 0.25) is 10.0 Å². The molecule has 1 N–H and O–H groups in total. The molecule has 0 atom stereocenters. The highest BCUT2D eigenvalue weighted by Gasteiger charge is 2.31. The molecule has 0 saturated heterocycles. The smallest absolute Gasteiger partial charge is 0.416 e. The summed E-state index contributed by atoms with van der Waals surface area (Å²) in [5, 5.41) is 6.62. The summed E-state index contributed by atoms with van der Waals surface area (Å²) in [6, 6.07) is 9.96. The van der Waals surface area contributed by atoms with Crippen molar-refractivity contribution in [1.29, 1.82) is 0 Å². The second-order valence-electron chi connectivity index (χ2n) is 6.80. The van der Waals surface area contributed by atoms with E-state index in [0.29, 0.717) is 5.69 Å². The average molecular weight is 468 g/mol. The Morgan fingerprint density at radius 3 is 2.34 bits per heavy atom. The number of benzene rings is 2. The molecule has 0 fully saturated rings. The van der Waals surface area contributed by atoms with Gasteiger partial charge in [0.05, 0.1) is 29.5 Å². The topological polar surface area (TPSA) is 93.5 Å². The minimum atomic E-state index is -4.53. The molecule has 1 amide bonds. The molecule has 170 valence electrons. The quantitative estimate of drug-likeness (QED) is 0.599. The number of carbonyl (C=O) groups is 1. The molecule has 0 radical (unpaired) electrons. The number of carbonyl (C=O) groups excluding carboxylic acids is 1. The standard InChI is InChI=1S/C20H19F3N4O4S/c1-26(2)32(29,30)16-9-7-14(8-10-16)24-19(28)18-17(31-3)12-27(25-18)15-6-4-5-13(11-15)20(21,22)23/h4-12H,1-3H3,(H,24,28). The molecular weight excluding hydrogens is 449 g/mol. The van der Waals surface area contributed by atoms with Crippen molar-refractivity contribution in [2.24, 2.45) is 0 Å². The fourth-order valence-electron chi connectivity index (χ4n) is 2.73. The molecule has 0 aliphatic heterocycles. The van der Waals surface area contributed by atoms with Gasteiger partial charge in [-0.3, -0.25) is 4.79 Å². The lowest BCUT2D eigenvalue weighted by Crippen LogP contribution is -2.22. The van der Waals surface area contributed by atoms with Crippen LogP contribution in [0.15, 0.2) is 59.6 Å². The normalized spacial score (nSPS) is 12.1. The van der Waals surface area contributed by atoms with Crippen LogP contribution < -0.4 is 10.1 Å². The van der Waals surface area contributed by atoms with Crippen molar-refractivity contribution in [3.63, 3.8) is 0 Å². The molecule has 0 aliphatic carbocycles. The maximum Gasteiger partial charge on any atom is 0.416 e. The number of amides is 1. The van der Waals surface area contributed by atoms with Crippen molar-refractivity contribution < 1.29 is 31.1 Å². The Labute approximate surface area is 182 Å². The van der Waals surface area contributed by atoms with Crippen molar-refractivity contribution in [3.8, 4) is 11.4 Å². The van der Waals surface area contributed by atoms with Crippen molar-refractivity contribution in [2.45, 2.75) is 11.1 Å². The van der Waals surface area contributed by atoms with Crippen LogP contribution in [0.5, 0.6) is 5.75 Å². The van der Waals surface area contributed by atoms with Crippen LogP contribution in [0.1, 0.15) is 16.1 Å². The summed E-state index contributed by atoms with van der Waals surface area (Å²) in [6.45, 7) is 0. The van der Waals surface area contributed by atoms with Gasteiger partial charge in [0.25, 0.3) is 5.91 Å². The number of ether oxygens (including phenoxy) is 1. The molecule has 0 bridgehead atoms. The summed E-state index contributed by atoms with van der Waals surface area (Å²) in [5.74, 6) is -0.637. The van der Waals surface area contributed by atoms with E-state index in [1.54, 1.807) is 0 Å². The highest BCUT2D eigenvalue weighted by atomic mass is 32.2. The van der Waals surface area contributed by atoms with Gasteiger partial charge in [-0.25, -0.2) is 17.4 Å². The molecule has 3 rings (SSSR count). The Hall–Kier alpha value is -3.38. The van der Waals surface area contributed by atoms with Crippen molar-refractivity contribution >= 4 is 21.6 Å². The number of hydrogen-bond donors (Lipinski definition) is 1. The summed E-state index contributed by atoms with van der Waals surface area (Å²) in [7, 11) is 0.477. The molecule has 0 spiro atoms. The van der Waals surface area contributed by atoms with Crippen molar-refractivity contribution in [3.05, 3.63) is 66.0 Å². The maximum atomic E-state index is 13.0. The summed E-state index contributed by atoms with van der Waals surface area (Å²) in [4.78, 5) is 12.7. The van der Waals surface area contributed by atoms with Gasteiger partial charge < -0.3 is 10.1 Å². The Morgan fingerprint density at radius 1 is 1.12 bits per heavy atom. The lowest BCUT2D eigenvalue weighted by Gasteiger charge is -2.12. The van der Waals surface area contributed by atoms with E-state index in [2.05, 4.69) is 10.4 Å². The molecule has 32 heavy (non-hydrogen) atoms. The molecule has 1 aromatic heterocycles. The molecule has 0 unspecified atom stereocenters. The number of nitrogens with zero attached hydrogens (tertiary/aromatic N) is 3. The first-order chi connectivity index (χ1) is 14.9. The zero-order chi connectivity index (χ0) is 23.7. The summed E-state index contributed by atoms with van der Waals surface area (Å²) >= 11 is 0. The predicted molar refractivity (Wildman–Crippen MR) is 110 cm³/mol. The van der Waals surface area contributed by atoms with E-state index in [9.17, 15) is 26.4 Å². The number of aromatic nitrogens is 2. The van der Waals surface area contributed by atoms with Gasteiger partial charge in [0.15, 0.2) is 11.4 Å². The number of halogens is 3. The second-order valence-corrected chi connectivity index (χ2v) is 8.96. The lowest BCUT2D eigenvalue weighted by atomic mass is 10.2. The third-order valence-electron chi connectivity index (χ3n) is 4.44. The first-order valence-corrected chi connectivity index (χ1v) is 10.5. The van der Waals surface area contributed by atoms with Gasteiger partial charge in [-0.05, 0) is 42.5 Å². The molecule has 3 aromatic rings. The van der Waals surface area contributed by atoms with E-state index in [4.69, 9.17) is 4.74 Å². The van der Waals surface area contributed by atoms with Gasteiger partial charge in [-0.15, -0.1) is 0 Å². The van der Waals surface area contributed by atoms with Crippen LogP contribution in [0.4, 0.5) is 18.9 Å². The van der Waals surface area contributed by atoms with E-state index in [0.717, 1.165) is 21.1 Å². The first-order valence-electron chi connectivity index (χ1n) is 9.08. The van der Waals surface area contributed by atoms with Crippen LogP contribution in [-0.2, 0) is 16.2 Å². The van der Waals surface area contributed by atoms with Crippen LogP contribution in [0.25, 0.3) is 5.69 Å². The molecule has 1 heterocycles. The lowest BCUT2D eigenvalue weighted by molar-refractivity contribution is -0.137. The van der Waals surface area contributed by atoms with E-state index < -0.39 is 27.7 Å². The zero-order valence-corrected chi connectivity index (χ0v) is 18.0. The van der Waals surface area contributed by atoms with Gasteiger partial charge in [0, 0.05) is 19.8 Å². The number of anilines is 1. The number of alkyl halides is 3. The molecule has 12 heteroatoms. The molecule has 0 aliphatic rings. The highest BCUT2D eigenvalue weighted by molar-refractivity contribution is 7.89. The predicted octanol–water partition coefficient (Wildman–Crippen LogP) is 3.40. The summed E-state index contributed by atoms with van der Waals surface area (Å²) in [5.41, 5.74) is -0.628. The fraction of sp³-hybridized carbons (Fsp3) is 0.200.